The van der Waals surface area contributed by atoms with Crippen LogP contribution in [0, 0.1) is 20.8 Å². The number of aromatic amines is 1. The molecule has 7 nitrogen and oxygen atoms in total. The number of rotatable bonds is 4. The summed E-state index contributed by atoms with van der Waals surface area (Å²) in [6, 6.07) is 0.631. The maximum atomic E-state index is 4.62. The van der Waals surface area contributed by atoms with Crippen LogP contribution in [-0.4, -0.2) is 44.3 Å². The molecule has 0 bridgehead atoms. The summed E-state index contributed by atoms with van der Waals surface area (Å²) in [4.78, 5) is 18.3. The molecule has 4 rings (SSSR count). The molecule has 26 heavy (non-hydrogen) atoms. The van der Waals surface area contributed by atoms with Crippen molar-refractivity contribution in [2.24, 2.45) is 0 Å². The Kier molecular flexibility index (Phi) is 4.62. The van der Waals surface area contributed by atoms with Crippen molar-refractivity contribution < 1.29 is 0 Å². The number of H-pyrrole nitrogens is 1. The van der Waals surface area contributed by atoms with Gasteiger partial charge in [-0.05, 0) is 46.1 Å². The molecule has 1 aliphatic rings. The van der Waals surface area contributed by atoms with Crippen LogP contribution < -0.4 is 10.2 Å². The Morgan fingerprint density at radius 1 is 1.23 bits per heavy atom. The Morgan fingerprint density at radius 3 is 2.69 bits per heavy atom. The molecule has 8 heteroatoms. The molecule has 0 radical (unpaired) electrons. The lowest BCUT2D eigenvalue weighted by Gasteiger charge is -2.34. The molecule has 1 atom stereocenters. The zero-order valence-electron chi connectivity index (χ0n) is 15.7. The minimum atomic E-state index is 0.157. The largest absolute Gasteiger partial charge is 0.356 e. The van der Waals surface area contributed by atoms with Gasteiger partial charge in [-0.1, -0.05) is 0 Å². The zero-order valence-corrected chi connectivity index (χ0v) is 16.5. The number of aromatic nitrogens is 5. The van der Waals surface area contributed by atoms with Crippen LogP contribution in [0.4, 0.5) is 5.82 Å². The van der Waals surface area contributed by atoms with E-state index < -0.39 is 0 Å². The summed E-state index contributed by atoms with van der Waals surface area (Å²) in [5, 5.41) is 12.1. The van der Waals surface area contributed by atoms with Gasteiger partial charge in [0.05, 0.1) is 11.4 Å². The molecule has 3 aromatic heterocycles. The number of anilines is 1. The number of fused-ring (bicyclic) bond motifs is 1. The van der Waals surface area contributed by atoms with Crippen molar-refractivity contribution in [2.75, 3.05) is 18.0 Å². The van der Waals surface area contributed by atoms with Crippen LogP contribution in [0.3, 0.4) is 0 Å². The Bertz CT molecular complexity index is 908. The lowest BCUT2D eigenvalue weighted by Crippen LogP contribution is -2.43. The van der Waals surface area contributed by atoms with Gasteiger partial charge in [-0.2, -0.15) is 5.10 Å². The van der Waals surface area contributed by atoms with Crippen molar-refractivity contribution >= 4 is 27.4 Å². The molecule has 1 fully saturated rings. The average Bonchev–Trinajstić information content (AvgIpc) is 3.19. The van der Waals surface area contributed by atoms with E-state index in [1.807, 2.05) is 6.92 Å². The van der Waals surface area contributed by atoms with Crippen molar-refractivity contribution in [3.05, 3.63) is 28.4 Å². The van der Waals surface area contributed by atoms with Crippen molar-refractivity contribution in [1.82, 2.24) is 30.5 Å². The van der Waals surface area contributed by atoms with Gasteiger partial charge in [0.2, 0.25) is 0 Å². The number of hydrogen-bond donors (Lipinski definition) is 2. The Labute approximate surface area is 157 Å². The molecule has 2 N–H and O–H groups in total. The van der Waals surface area contributed by atoms with E-state index in [0.717, 1.165) is 48.2 Å². The second-order valence-electron chi connectivity index (χ2n) is 7.09. The van der Waals surface area contributed by atoms with Crippen molar-refractivity contribution in [3.8, 4) is 0 Å². The summed E-state index contributed by atoms with van der Waals surface area (Å²) in [6.45, 7) is 10.4. The molecule has 0 amide bonds. The van der Waals surface area contributed by atoms with Gasteiger partial charge >= 0.3 is 0 Å². The highest BCUT2D eigenvalue weighted by atomic mass is 32.1. The number of aryl methyl sites for hydroxylation is 3. The molecule has 0 aliphatic carbocycles. The maximum Gasteiger partial charge on any atom is 0.167 e. The molecule has 1 aliphatic heterocycles. The predicted octanol–water partition coefficient (Wildman–Crippen LogP) is 3.05. The molecule has 0 saturated carbocycles. The lowest BCUT2D eigenvalue weighted by molar-refractivity contribution is 0.373. The van der Waals surface area contributed by atoms with Gasteiger partial charge in [0.25, 0.3) is 0 Å². The first-order chi connectivity index (χ1) is 12.5. The molecule has 0 spiro atoms. The molecule has 138 valence electrons. The van der Waals surface area contributed by atoms with Crippen LogP contribution in [-0.2, 0) is 0 Å². The Hall–Kier alpha value is -2.06. The number of thiophene rings is 1. The minimum absolute atomic E-state index is 0.157. The predicted molar refractivity (Wildman–Crippen MR) is 105 cm³/mol. The SMILES string of the molecule is Cc1nc([C@H](C)NC2CCN(c3ncnc4sc(C)c(C)c34)CC2)n[nH]1. The van der Waals surface area contributed by atoms with Gasteiger partial charge in [-0.3, -0.25) is 5.10 Å². The highest BCUT2D eigenvalue weighted by Gasteiger charge is 2.25. The molecule has 3 aromatic rings. The van der Waals surface area contributed by atoms with Crippen LogP contribution >= 0.6 is 11.3 Å². The van der Waals surface area contributed by atoms with Crippen molar-refractivity contribution in [3.63, 3.8) is 0 Å². The van der Waals surface area contributed by atoms with E-state index in [9.17, 15) is 0 Å². The third-order valence-corrected chi connectivity index (χ3v) is 6.34. The average molecular weight is 372 g/mol. The van der Waals surface area contributed by atoms with Gasteiger partial charge in [0.15, 0.2) is 5.82 Å². The number of piperidine rings is 1. The second-order valence-corrected chi connectivity index (χ2v) is 8.29. The maximum absolute atomic E-state index is 4.62. The number of nitrogens with zero attached hydrogens (tertiary/aromatic N) is 5. The normalized spacial score (nSPS) is 17.2. The molecule has 0 aromatic carbocycles. The van der Waals surface area contributed by atoms with Crippen molar-refractivity contribution in [1.29, 1.82) is 0 Å². The second kappa shape index (κ2) is 6.92. The smallest absolute Gasteiger partial charge is 0.167 e. The number of nitrogens with one attached hydrogen (secondary N) is 2. The van der Waals surface area contributed by atoms with Crippen LogP contribution in [0.15, 0.2) is 6.33 Å². The minimum Gasteiger partial charge on any atom is -0.356 e. The molecular weight excluding hydrogens is 346 g/mol. The van der Waals surface area contributed by atoms with E-state index in [2.05, 4.69) is 56.1 Å². The first kappa shape index (κ1) is 17.4. The summed E-state index contributed by atoms with van der Waals surface area (Å²) in [5.74, 6) is 2.79. The topological polar surface area (TPSA) is 82.6 Å². The van der Waals surface area contributed by atoms with Crippen LogP contribution in [0.2, 0.25) is 0 Å². The summed E-state index contributed by atoms with van der Waals surface area (Å²) < 4.78 is 0. The highest BCUT2D eigenvalue weighted by Crippen LogP contribution is 2.35. The monoisotopic (exact) mass is 371 g/mol. The fourth-order valence-electron chi connectivity index (χ4n) is 3.64. The van der Waals surface area contributed by atoms with Gasteiger partial charge in [-0.25, -0.2) is 15.0 Å². The van der Waals surface area contributed by atoms with Crippen LogP contribution in [0.5, 0.6) is 0 Å². The zero-order chi connectivity index (χ0) is 18.3. The standard InChI is InChI=1S/C18H25N7S/c1-10-12(3)26-18-15(10)17(19-9-20-18)25-7-5-14(6-8-25)21-11(2)16-22-13(4)23-24-16/h9,11,14,21H,5-8H2,1-4H3,(H,22,23,24)/t11-/m0/s1. The van der Waals surface area contributed by atoms with Gasteiger partial charge in [0, 0.05) is 24.0 Å². The summed E-state index contributed by atoms with van der Waals surface area (Å²) in [5.41, 5.74) is 1.31. The van der Waals surface area contributed by atoms with E-state index in [-0.39, 0.29) is 6.04 Å². The quantitative estimate of drug-likeness (QED) is 0.733. The van der Waals surface area contributed by atoms with Crippen molar-refractivity contribution in [2.45, 2.75) is 52.6 Å². The van der Waals surface area contributed by atoms with Gasteiger partial charge in [0.1, 0.15) is 22.8 Å². The fraction of sp³-hybridized carbons (Fsp3) is 0.556. The fourth-order valence-corrected chi connectivity index (χ4v) is 4.63. The van der Waals surface area contributed by atoms with E-state index in [1.54, 1.807) is 17.7 Å². The summed E-state index contributed by atoms with van der Waals surface area (Å²) >= 11 is 1.76. The van der Waals surface area contributed by atoms with Gasteiger partial charge in [-0.15, -0.1) is 11.3 Å². The molecule has 1 saturated heterocycles. The van der Waals surface area contributed by atoms with Gasteiger partial charge < -0.3 is 10.2 Å². The molecule has 0 unspecified atom stereocenters. The van der Waals surface area contributed by atoms with E-state index in [1.165, 1.54) is 15.8 Å². The van der Waals surface area contributed by atoms with E-state index in [4.69, 9.17) is 0 Å². The van der Waals surface area contributed by atoms with Crippen LogP contribution in [0.1, 0.15) is 47.9 Å². The summed E-state index contributed by atoms with van der Waals surface area (Å²) in [7, 11) is 0. The first-order valence-electron chi connectivity index (χ1n) is 9.13. The van der Waals surface area contributed by atoms with E-state index in [0.29, 0.717) is 6.04 Å². The Balaban J connectivity index is 1.44. The first-order valence-corrected chi connectivity index (χ1v) is 9.95. The highest BCUT2D eigenvalue weighted by molar-refractivity contribution is 7.18. The molecular formula is C18H25N7S. The van der Waals surface area contributed by atoms with Crippen LogP contribution in [0.25, 0.3) is 10.2 Å². The third kappa shape index (κ3) is 3.19. The lowest BCUT2D eigenvalue weighted by atomic mass is 10.0. The number of hydrogen-bond acceptors (Lipinski definition) is 7. The molecule has 4 heterocycles. The third-order valence-electron chi connectivity index (χ3n) is 5.23. The summed E-state index contributed by atoms with van der Waals surface area (Å²) in [6.07, 6.45) is 3.87. The van der Waals surface area contributed by atoms with E-state index >= 15 is 0 Å². The Morgan fingerprint density at radius 2 is 2.00 bits per heavy atom.